The van der Waals surface area contributed by atoms with Crippen LogP contribution >= 0.6 is 0 Å². The van der Waals surface area contributed by atoms with E-state index in [9.17, 15) is 0 Å². The highest BCUT2D eigenvalue weighted by atomic mass is 16.5. The molecule has 0 amide bonds. The summed E-state index contributed by atoms with van der Waals surface area (Å²) in [7, 11) is 1.64. The first-order chi connectivity index (χ1) is 17.7. The number of hydrogen-bond acceptors (Lipinski definition) is 7. The van der Waals surface area contributed by atoms with Gasteiger partial charge in [0.15, 0.2) is 11.5 Å². The lowest BCUT2D eigenvalue weighted by Crippen LogP contribution is -2.37. The summed E-state index contributed by atoms with van der Waals surface area (Å²) in [5, 5.41) is 4.14. The van der Waals surface area contributed by atoms with Crippen molar-refractivity contribution in [2.45, 2.75) is 54.9 Å². The molecular weight excluding hydrogens is 452 g/mol. The van der Waals surface area contributed by atoms with Gasteiger partial charge in [-0.05, 0) is 25.5 Å². The average Bonchev–Trinajstić information content (AvgIpc) is 2.98. The second-order valence-corrected chi connectivity index (χ2v) is 6.47. The molecule has 7 nitrogen and oxygen atoms in total. The Morgan fingerprint density at radius 3 is 2.25 bits per heavy atom. The first-order valence-electron chi connectivity index (χ1n) is 13.1. The smallest absolute Gasteiger partial charge is 0.162 e. The molecule has 0 atom stereocenters. The SMILES string of the molecule is C=C.C=C/C(=C\C)Nc1ncnc2cc(OC)c(OCCCN3CCOCC3)cc12.CC.CC.CC. The van der Waals surface area contributed by atoms with Gasteiger partial charge in [-0.3, -0.25) is 4.90 Å². The molecule has 36 heavy (non-hydrogen) atoms. The van der Waals surface area contributed by atoms with Crippen LogP contribution in [-0.4, -0.2) is 61.4 Å². The summed E-state index contributed by atoms with van der Waals surface area (Å²) >= 11 is 0. The van der Waals surface area contributed by atoms with Crippen molar-refractivity contribution in [3.05, 3.63) is 56.0 Å². The van der Waals surface area contributed by atoms with E-state index in [0.29, 0.717) is 23.9 Å². The Bertz CT molecular complexity index is 850. The van der Waals surface area contributed by atoms with Gasteiger partial charge in [0.1, 0.15) is 12.1 Å². The zero-order valence-corrected chi connectivity index (χ0v) is 24.0. The molecule has 1 aliphatic rings. The van der Waals surface area contributed by atoms with Crippen molar-refractivity contribution in [3.63, 3.8) is 0 Å². The zero-order chi connectivity index (χ0) is 27.8. The first kappa shape index (κ1) is 35.3. The Labute approximate surface area is 220 Å². The number of ether oxygens (including phenoxy) is 3. The number of anilines is 1. The molecule has 0 aliphatic carbocycles. The quantitative estimate of drug-likeness (QED) is 0.222. The number of methoxy groups -OCH3 is 1. The van der Waals surface area contributed by atoms with Crippen LogP contribution in [0.4, 0.5) is 5.82 Å². The first-order valence-corrected chi connectivity index (χ1v) is 13.1. The summed E-state index contributed by atoms with van der Waals surface area (Å²) in [5.41, 5.74) is 1.67. The summed E-state index contributed by atoms with van der Waals surface area (Å²) in [5.74, 6) is 2.06. The minimum atomic E-state index is 0.614. The maximum absolute atomic E-state index is 6.04. The fourth-order valence-corrected chi connectivity index (χ4v) is 3.11. The van der Waals surface area contributed by atoms with E-state index in [1.54, 1.807) is 13.2 Å². The predicted molar refractivity (Wildman–Crippen MR) is 156 cm³/mol. The number of allylic oxidation sites excluding steroid dienone is 2. The predicted octanol–water partition coefficient (Wildman–Crippen LogP) is 7.12. The van der Waals surface area contributed by atoms with Crippen molar-refractivity contribution in [2.24, 2.45) is 0 Å². The third kappa shape index (κ3) is 12.2. The summed E-state index contributed by atoms with van der Waals surface area (Å²) < 4.78 is 16.9. The maximum Gasteiger partial charge on any atom is 0.162 e. The molecule has 2 aromatic rings. The third-order valence-corrected chi connectivity index (χ3v) is 4.69. The lowest BCUT2D eigenvalue weighted by atomic mass is 10.2. The second kappa shape index (κ2) is 23.8. The van der Waals surface area contributed by atoms with Crippen molar-refractivity contribution >= 4 is 16.7 Å². The molecule has 2 heterocycles. The van der Waals surface area contributed by atoms with Gasteiger partial charge in [0.2, 0.25) is 0 Å². The van der Waals surface area contributed by atoms with Gasteiger partial charge in [-0.2, -0.15) is 0 Å². The van der Waals surface area contributed by atoms with Crippen LogP contribution < -0.4 is 14.8 Å². The Balaban J connectivity index is 0. The average molecular weight is 503 g/mol. The molecule has 1 saturated heterocycles. The largest absolute Gasteiger partial charge is 0.493 e. The molecule has 0 spiro atoms. The van der Waals surface area contributed by atoms with Crippen molar-refractivity contribution < 1.29 is 14.2 Å². The Morgan fingerprint density at radius 2 is 1.69 bits per heavy atom. The molecule has 1 fully saturated rings. The summed E-state index contributed by atoms with van der Waals surface area (Å²) in [4.78, 5) is 11.1. The fourth-order valence-electron chi connectivity index (χ4n) is 3.11. The Morgan fingerprint density at radius 1 is 1.06 bits per heavy atom. The van der Waals surface area contributed by atoms with E-state index in [2.05, 4.69) is 39.9 Å². The van der Waals surface area contributed by atoms with E-state index >= 15 is 0 Å². The number of nitrogens with zero attached hydrogens (tertiary/aromatic N) is 3. The van der Waals surface area contributed by atoms with Crippen molar-refractivity contribution in [1.82, 2.24) is 14.9 Å². The van der Waals surface area contributed by atoms with E-state index in [1.165, 1.54) is 6.33 Å². The van der Waals surface area contributed by atoms with Crippen LogP contribution in [-0.2, 0) is 4.74 Å². The van der Waals surface area contributed by atoms with E-state index in [4.69, 9.17) is 14.2 Å². The van der Waals surface area contributed by atoms with Crippen molar-refractivity contribution in [3.8, 4) is 11.5 Å². The molecule has 3 rings (SSSR count). The van der Waals surface area contributed by atoms with E-state index in [-0.39, 0.29) is 0 Å². The number of rotatable bonds is 9. The third-order valence-electron chi connectivity index (χ3n) is 4.69. The molecule has 0 unspecified atom stereocenters. The fraction of sp³-hybridized carbons (Fsp3) is 0.517. The van der Waals surface area contributed by atoms with Gasteiger partial charge in [0.05, 0.1) is 32.4 Å². The van der Waals surface area contributed by atoms with Crippen LogP contribution in [0, 0.1) is 0 Å². The van der Waals surface area contributed by atoms with Crippen molar-refractivity contribution in [2.75, 3.05) is 51.9 Å². The standard InChI is InChI=1S/C21H28N4O3.3C2H6.C2H4/c1-4-16(5-2)24-21-17-13-20(19(26-3)14-18(17)22-15-23-21)28-10-6-7-25-8-11-27-12-9-25;4*1-2/h4-5,13-15H,1,6-12H2,2-3H3,(H,22,23,24);3*1-2H3;1-2H2/b16-5+;;;;. The molecule has 204 valence electrons. The molecule has 1 aliphatic heterocycles. The number of benzene rings is 1. The van der Waals surface area contributed by atoms with Gasteiger partial charge in [-0.1, -0.05) is 54.2 Å². The van der Waals surface area contributed by atoms with Crippen LogP contribution in [0.25, 0.3) is 10.9 Å². The topological polar surface area (TPSA) is 68.7 Å². The normalized spacial score (nSPS) is 12.6. The zero-order valence-electron chi connectivity index (χ0n) is 24.0. The van der Waals surface area contributed by atoms with Crippen LogP contribution in [0.1, 0.15) is 54.9 Å². The van der Waals surface area contributed by atoms with Gasteiger partial charge in [-0.15, -0.1) is 13.2 Å². The molecule has 1 N–H and O–H groups in total. The molecule has 0 saturated carbocycles. The summed E-state index contributed by atoms with van der Waals surface area (Å²) in [6.45, 7) is 29.0. The van der Waals surface area contributed by atoms with Gasteiger partial charge in [0.25, 0.3) is 0 Å². The number of nitrogens with one attached hydrogen (secondary N) is 1. The van der Waals surface area contributed by atoms with Crippen LogP contribution in [0.5, 0.6) is 11.5 Å². The Kier molecular flexibility index (Phi) is 23.3. The van der Waals surface area contributed by atoms with Gasteiger partial charge < -0.3 is 19.5 Å². The molecule has 0 radical (unpaired) electrons. The molecule has 0 bridgehead atoms. The van der Waals surface area contributed by atoms with Crippen LogP contribution in [0.15, 0.2) is 56.0 Å². The highest BCUT2D eigenvalue weighted by molar-refractivity contribution is 5.92. The summed E-state index contributed by atoms with van der Waals surface area (Å²) in [6, 6.07) is 3.81. The molecule has 7 heteroatoms. The highest BCUT2D eigenvalue weighted by Gasteiger charge is 2.13. The molecular formula is C29H50N4O3. The van der Waals surface area contributed by atoms with E-state index in [1.807, 2.05) is 66.7 Å². The number of morpholine rings is 1. The lowest BCUT2D eigenvalue weighted by molar-refractivity contribution is 0.0357. The monoisotopic (exact) mass is 502 g/mol. The minimum absolute atomic E-state index is 0.614. The van der Waals surface area contributed by atoms with Crippen LogP contribution in [0.2, 0.25) is 0 Å². The van der Waals surface area contributed by atoms with E-state index < -0.39 is 0 Å². The highest BCUT2D eigenvalue weighted by Crippen LogP contribution is 2.34. The second-order valence-electron chi connectivity index (χ2n) is 6.47. The molecule has 1 aromatic carbocycles. The van der Waals surface area contributed by atoms with Gasteiger partial charge in [-0.25, -0.2) is 9.97 Å². The lowest BCUT2D eigenvalue weighted by Gasteiger charge is -2.26. The van der Waals surface area contributed by atoms with Gasteiger partial charge in [0, 0.05) is 36.8 Å². The Hall–Kier alpha value is -2.90. The maximum atomic E-state index is 6.04. The summed E-state index contributed by atoms with van der Waals surface area (Å²) in [6.07, 6.45) is 6.16. The number of aromatic nitrogens is 2. The number of hydrogen-bond donors (Lipinski definition) is 1. The van der Waals surface area contributed by atoms with Gasteiger partial charge >= 0.3 is 0 Å². The van der Waals surface area contributed by atoms with Crippen molar-refractivity contribution in [1.29, 1.82) is 0 Å². The minimum Gasteiger partial charge on any atom is -0.493 e. The molecule has 1 aromatic heterocycles. The van der Waals surface area contributed by atoms with Crippen LogP contribution in [0.3, 0.4) is 0 Å². The number of fused-ring (bicyclic) bond motifs is 1. The van der Waals surface area contributed by atoms with E-state index in [0.717, 1.165) is 55.9 Å².